The number of benzene rings is 2. The summed E-state index contributed by atoms with van der Waals surface area (Å²) in [6.45, 7) is 0.978. The molecule has 9 heteroatoms. The maximum Gasteiger partial charge on any atom is 0.275 e. The third-order valence-corrected chi connectivity index (χ3v) is 4.83. The molecule has 0 fully saturated rings. The van der Waals surface area contributed by atoms with Gasteiger partial charge in [-0.25, -0.2) is 5.48 Å². The van der Waals surface area contributed by atoms with Crippen molar-refractivity contribution in [2.75, 3.05) is 32.6 Å². The number of anilines is 1. The molecule has 0 bridgehead atoms. The number of likely N-dealkylation sites (N-methyl/N-ethyl adjacent to an activating group) is 2. The van der Waals surface area contributed by atoms with Crippen molar-refractivity contribution in [3.63, 3.8) is 0 Å². The second-order valence-electron chi connectivity index (χ2n) is 6.92. The van der Waals surface area contributed by atoms with E-state index in [0.29, 0.717) is 5.56 Å². The molecule has 0 radical (unpaired) electrons. The van der Waals surface area contributed by atoms with Gasteiger partial charge in [0.05, 0.1) is 0 Å². The standard InChI is InChI=1S/C22H28N4O5/c1-23-20(28)19(21(29)25-31)26(2)22(30)17-7-5-15(6-8-17)16-9-11-18(12-10-16)24-13-3-4-14-27/h5-12,19,24,27,31H,3-4,13-14H2,1-2H3,(H,23,28)(H,25,29). The number of aliphatic hydroxyl groups is 1. The van der Waals surface area contributed by atoms with Gasteiger partial charge in [-0.3, -0.25) is 19.6 Å². The van der Waals surface area contributed by atoms with E-state index in [1.807, 2.05) is 24.3 Å². The van der Waals surface area contributed by atoms with Crippen LogP contribution >= 0.6 is 0 Å². The Kier molecular flexibility index (Phi) is 8.98. The van der Waals surface area contributed by atoms with Crippen LogP contribution in [0.4, 0.5) is 5.69 Å². The number of rotatable bonds is 10. The van der Waals surface area contributed by atoms with Crippen molar-refractivity contribution in [2.24, 2.45) is 0 Å². The van der Waals surface area contributed by atoms with Crippen molar-refractivity contribution in [1.29, 1.82) is 0 Å². The molecule has 0 heterocycles. The van der Waals surface area contributed by atoms with Gasteiger partial charge in [-0.1, -0.05) is 24.3 Å². The number of hydroxylamine groups is 1. The van der Waals surface area contributed by atoms with E-state index in [9.17, 15) is 14.4 Å². The van der Waals surface area contributed by atoms with Crippen molar-refractivity contribution in [1.82, 2.24) is 15.7 Å². The molecule has 9 nitrogen and oxygen atoms in total. The SMILES string of the molecule is CNC(=O)C(C(=O)NO)N(C)C(=O)c1ccc(-c2ccc(NCCCCO)cc2)cc1. The van der Waals surface area contributed by atoms with Crippen molar-refractivity contribution in [3.05, 3.63) is 54.1 Å². The molecule has 0 saturated heterocycles. The van der Waals surface area contributed by atoms with E-state index < -0.39 is 23.8 Å². The lowest BCUT2D eigenvalue weighted by molar-refractivity contribution is -0.140. The van der Waals surface area contributed by atoms with Gasteiger partial charge in [0.15, 0.2) is 6.04 Å². The van der Waals surface area contributed by atoms with Gasteiger partial charge in [0, 0.05) is 38.5 Å². The summed E-state index contributed by atoms with van der Waals surface area (Å²) in [4.78, 5) is 37.5. The summed E-state index contributed by atoms with van der Waals surface area (Å²) in [7, 11) is 2.65. The van der Waals surface area contributed by atoms with E-state index in [0.717, 1.165) is 41.1 Å². The second-order valence-corrected chi connectivity index (χ2v) is 6.92. The number of hydrogen-bond donors (Lipinski definition) is 5. The fourth-order valence-electron chi connectivity index (χ4n) is 3.04. The average Bonchev–Trinajstić information content (AvgIpc) is 2.81. The van der Waals surface area contributed by atoms with E-state index in [1.54, 1.807) is 24.3 Å². The fourth-order valence-corrected chi connectivity index (χ4v) is 3.04. The van der Waals surface area contributed by atoms with Crippen molar-refractivity contribution >= 4 is 23.4 Å². The number of nitrogens with one attached hydrogen (secondary N) is 3. The van der Waals surface area contributed by atoms with Crippen LogP contribution < -0.4 is 16.1 Å². The highest BCUT2D eigenvalue weighted by Crippen LogP contribution is 2.22. The Morgan fingerprint density at radius 3 is 2.03 bits per heavy atom. The minimum absolute atomic E-state index is 0.190. The van der Waals surface area contributed by atoms with E-state index >= 15 is 0 Å². The van der Waals surface area contributed by atoms with E-state index in [1.165, 1.54) is 19.6 Å². The highest BCUT2D eigenvalue weighted by molar-refractivity contribution is 6.08. The Bertz CT molecular complexity index is 868. The largest absolute Gasteiger partial charge is 0.396 e. The molecule has 2 aromatic rings. The molecule has 0 spiro atoms. The average molecular weight is 428 g/mol. The summed E-state index contributed by atoms with van der Waals surface area (Å²) in [6, 6.07) is 13.2. The van der Waals surface area contributed by atoms with Crippen LogP contribution in [-0.2, 0) is 9.59 Å². The predicted molar refractivity (Wildman–Crippen MR) is 117 cm³/mol. The zero-order valence-corrected chi connectivity index (χ0v) is 17.6. The van der Waals surface area contributed by atoms with Gasteiger partial charge in [0.2, 0.25) is 0 Å². The molecule has 1 atom stereocenters. The second kappa shape index (κ2) is 11.7. The lowest BCUT2D eigenvalue weighted by Crippen LogP contribution is -2.54. The first kappa shape index (κ1) is 23.8. The summed E-state index contributed by atoms with van der Waals surface area (Å²) in [5, 5.41) is 23.3. The number of carbonyl (C=O) groups is 3. The molecule has 166 valence electrons. The molecule has 5 N–H and O–H groups in total. The Morgan fingerprint density at radius 1 is 0.935 bits per heavy atom. The number of nitrogens with zero attached hydrogens (tertiary/aromatic N) is 1. The molecule has 0 aromatic heterocycles. The normalized spacial score (nSPS) is 11.4. The van der Waals surface area contributed by atoms with Crippen LogP contribution in [0.3, 0.4) is 0 Å². The summed E-state index contributed by atoms with van der Waals surface area (Å²) >= 11 is 0. The zero-order chi connectivity index (χ0) is 22.8. The first-order chi connectivity index (χ1) is 14.9. The van der Waals surface area contributed by atoms with Gasteiger partial charge in [-0.05, 0) is 48.2 Å². The summed E-state index contributed by atoms with van der Waals surface area (Å²) in [6.07, 6.45) is 1.66. The molecular weight excluding hydrogens is 400 g/mol. The lowest BCUT2D eigenvalue weighted by Gasteiger charge is -2.25. The maximum absolute atomic E-state index is 12.7. The molecule has 2 aromatic carbocycles. The number of hydrogen-bond acceptors (Lipinski definition) is 6. The van der Waals surface area contributed by atoms with Gasteiger partial charge in [-0.2, -0.15) is 0 Å². The minimum atomic E-state index is -1.50. The maximum atomic E-state index is 12.7. The molecule has 31 heavy (non-hydrogen) atoms. The quantitative estimate of drug-likeness (QED) is 0.167. The van der Waals surface area contributed by atoms with Crippen LogP contribution in [0.15, 0.2) is 48.5 Å². The van der Waals surface area contributed by atoms with Crippen LogP contribution in [-0.4, -0.2) is 66.2 Å². The monoisotopic (exact) mass is 428 g/mol. The van der Waals surface area contributed by atoms with Crippen LogP contribution in [0, 0.1) is 0 Å². The molecule has 0 saturated carbocycles. The molecule has 0 aliphatic heterocycles. The van der Waals surface area contributed by atoms with E-state index in [2.05, 4.69) is 10.6 Å². The third kappa shape index (κ3) is 6.27. The summed E-state index contributed by atoms with van der Waals surface area (Å²) in [5.74, 6) is -2.26. The summed E-state index contributed by atoms with van der Waals surface area (Å²) in [5.41, 5.74) is 4.57. The van der Waals surface area contributed by atoms with E-state index in [4.69, 9.17) is 10.3 Å². The highest BCUT2D eigenvalue weighted by Gasteiger charge is 2.33. The Balaban J connectivity index is 2.09. The van der Waals surface area contributed by atoms with Crippen molar-refractivity contribution in [3.8, 4) is 11.1 Å². The molecular formula is C22H28N4O5. The predicted octanol–water partition coefficient (Wildman–Crippen LogP) is 1.23. The number of amides is 3. The molecule has 0 aliphatic rings. The van der Waals surface area contributed by atoms with Crippen molar-refractivity contribution in [2.45, 2.75) is 18.9 Å². The fraction of sp³-hybridized carbons (Fsp3) is 0.318. The van der Waals surface area contributed by atoms with Gasteiger partial charge in [0.1, 0.15) is 0 Å². The summed E-state index contributed by atoms with van der Waals surface area (Å²) < 4.78 is 0. The van der Waals surface area contributed by atoms with Gasteiger partial charge in [-0.15, -0.1) is 0 Å². The van der Waals surface area contributed by atoms with Crippen molar-refractivity contribution < 1.29 is 24.7 Å². The topological polar surface area (TPSA) is 131 Å². The van der Waals surface area contributed by atoms with Crippen LogP contribution in [0.1, 0.15) is 23.2 Å². The van der Waals surface area contributed by atoms with Crippen LogP contribution in [0.5, 0.6) is 0 Å². The Hall–Kier alpha value is -3.43. The molecule has 0 aliphatic carbocycles. The minimum Gasteiger partial charge on any atom is -0.396 e. The Morgan fingerprint density at radius 2 is 1.52 bits per heavy atom. The number of unbranched alkanes of at least 4 members (excludes halogenated alkanes) is 1. The lowest BCUT2D eigenvalue weighted by atomic mass is 10.0. The number of aliphatic hydroxyl groups excluding tert-OH is 1. The van der Waals surface area contributed by atoms with Crippen LogP contribution in [0.2, 0.25) is 0 Å². The number of carbonyl (C=O) groups excluding carboxylic acids is 3. The molecule has 3 amide bonds. The first-order valence-corrected chi connectivity index (χ1v) is 9.90. The zero-order valence-electron chi connectivity index (χ0n) is 17.6. The Labute approximate surface area is 181 Å². The van der Waals surface area contributed by atoms with Gasteiger partial charge < -0.3 is 20.6 Å². The molecule has 1 unspecified atom stereocenters. The van der Waals surface area contributed by atoms with Gasteiger partial charge >= 0.3 is 0 Å². The third-order valence-electron chi connectivity index (χ3n) is 4.83. The first-order valence-electron chi connectivity index (χ1n) is 9.90. The molecule has 2 rings (SSSR count). The van der Waals surface area contributed by atoms with E-state index in [-0.39, 0.29) is 6.61 Å². The van der Waals surface area contributed by atoms with Crippen LogP contribution in [0.25, 0.3) is 11.1 Å². The smallest absolute Gasteiger partial charge is 0.275 e. The highest BCUT2D eigenvalue weighted by atomic mass is 16.5. The van der Waals surface area contributed by atoms with Gasteiger partial charge in [0.25, 0.3) is 17.7 Å².